The van der Waals surface area contributed by atoms with E-state index in [0.29, 0.717) is 16.7 Å². The van der Waals surface area contributed by atoms with E-state index in [0.717, 1.165) is 47.6 Å². The van der Waals surface area contributed by atoms with Crippen LogP contribution in [-0.4, -0.2) is 10.9 Å². The molecular formula is C29H47NO. The first-order valence-electron chi connectivity index (χ1n) is 13.3. The van der Waals surface area contributed by atoms with Gasteiger partial charge in [-0.1, -0.05) is 64.4 Å². The minimum absolute atomic E-state index is 0.341. The summed E-state index contributed by atoms with van der Waals surface area (Å²) in [5.41, 5.74) is 3.35. The molecule has 2 heteroatoms. The van der Waals surface area contributed by atoms with E-state index in [1.165, 1.54) is 51.4 Å². The zero-order chi connectivity index (χ0) is 22.4. The monoisotopic (exact) mass is 425 g/mol. The molecular weight excluding hydrogens is 378 g/mol. The van der Waals surface area contributed by atoms with Crippen molar-refractivity contribution in [2.75, 3.05) is 0 Å². The van der Waals surface area contributed by atoms with Gasteiger partial charge in [0, 0.05) is 0 Å². The molecule has 0 aromatic heterocycles. The van der Waals surface area contributed by atoms with Crippen LogP contribution >= 0.6 is 0 Å². The second-order valence-electron chi connectivity index (χ2n) is 12.4. The predicted molar refractivity (Wildman–Crippen MR) is 131 cm³/mol. The van der Waals surface area contributed by atoms with E-state index in [2.05, 4.69) is 64.9 Å². The van der Waals surface area contributed by atoms with E-state index in [1.807, 2.05) is 0 Å². The van der Waals surface area contributed by atoms with Crippen molar-refractivity contribution < 1.29 is 5.21 Å². The molecule has 0 amide bonds. The Labute approximate surface area is 191 Å². The maximum atomic E-state index is 9.30. The van der Waals surface area contributed by atoms with Crippen molar-refractivity contribution in [3.8, 4) is 0 Å². The second kappa shape index (κ2) is 8.71. The highest BCUT2D eigenvalue weighted by Gasteiger charge is 2.59. The molecule has 1 N–H and O–H groups in total. The van der Waals surface area contributed by atoms with Gasteiger partial charge in [0.25, 0.3) is 0 Å². The fourth-order valence-corrected chi connectivity index (χ4v) is 8.84. The highest BCUT2D eigenvalue weighted by molar-refractivity contribution is 5.96. The second-order valence-corrected chi connectivity index (χ2v) is 12.4. The van der Waals surface area contributed by atoms with Gasteiger partial charge in [-0.2, -0.15) is 0 Å². The Morgan fingerprint density at radius 2 is 1.81 bits per heavy atom. The third-order valence-electron chi connectivity index (χ3n) is 10.8. The number of oxime groups is 1. The molecule has 31 heavy (non-hydrogen) atoms. The minimum atomic E-state index is 0.341. The average molecular weight is 426 g/mol. The van der Waals surface area contributed by atoms with Crippen LogP contribution in [-0.2, 0) is 0 Å². The number of hydrogen-bond donors (Lipinski definition) is 1. The van der Waals surface area contributed by atoms with Gasteiger partial charge in [0.05, 0.1) is 5.71 Å². The SMILES string of the molecule is CCC(C=C[C@@H](C)[C@H]1CC[C@H]2[C@@H]3CCC4=CC(=NO)CC[C@]4(C)[C@H]3CC[C@]12C)C(C)C. The van der Waals surface area contributed by atoms with Crippen LogP contribution < -0.4 is 0 Å². The molecule has 4 rings (SSSR count). The molecule has 8 atom stereocenters. The fraction of sp³-hybridized carbons (Fsp3) is 0.828. The third kappa shape index (κ3) is 3.84. The van der Waals surface area contributed by atoms with Crippen LogP contribution in [0.2, 0.25) is 0 Å². The lowest BCUT2D eigenvalue weighted by molar-refractivity contribution is -0.0538. The van der Waals surface area contributed by atoms with Crippen molar-refractivity contribution in [2.24, 2.45) is 57.4 Å². The summed E-state index contributed by atoms with van der Waals surface area (Å²) in [6, 6.07) is 0. The van der Waals surface area contributed by atoms with Gasteiger partial charge in [0.2, 0.25) is 0 Å². The smallest absolute Gasteiger partial charge is 0.0795 e. The summed E-state index contributed by atoms with van der Waals surface area (Å²) in [5, 5.41) is 12.8. The zero-order valence-electron chi connectivity index (χ0n) is 21.0. The summed E-state index contributed by atoms with van der Waals surface area (Å²) in [6.07, 6.45) is 19.0. The lowest BCUT2D eigenvalue weighted by Gasteiger charge is -2.58. The van der Waals surface area contributed by atoms with Gasteiger partial charge in [-0.15, -0.1) is 0 Å². The molecule has 3 saturated carbocycles. The first kappa shape index (κ1) is 23.1. The van der Waals surface area contributed by atoms with Crippen molar-refractivity contribution in [2.45, 2.75) is 99.3 Å². The Morgan fingerprint density at radius 1 is 1.03 bits per heavy atom. The molecule has 2 nitrogen and oxygen atoms in total. The molecule has 0 saturated heterocycles. The minimum Gasteiger partial charge on any atom is -0.411 e. The first-order chi connectivity index (χ1) is 14.7. The van der Waals surface area contributed by atoms with Gasteiger partial charge in [-0.25, -0.2) is 0 Å². The van der Waals surface area contributed by atoms with Gasteiger partial charge in [0.15, 0.2) is 0 Å². The van der Waals surface area contributed by atoms with Gasteiger partial charge in [-0.05, 0) is 116 Å². The van der Waals surface area contributed by atoms with Crippen molar-refractivity contribution in [1.82, 2.24) is 0 Å². The maximum absolute atomic E-state index is 9.30. The van der Waals surface area contributed by atoms with Crippen molar-refractivity contribution >= 4 is 5.71 Å². The Kier molecular flexibility index (Phi) is 6.50. The topological polar surface area (TPSA) is 32.6 Å². The van der Waals surface area contributed by atoms with Gasteiger partial charge in [-0.3, -0.25) is 0 Å². The molecule has 0 radical (unpaired) electrons. The highest BCUT2D eigenvalue weighted by atomic mass is 16.4. The predicted octanol–water partition coefficient (Wildman–Crippen LogP) is 8.27. The summed E-state index contributed by atoms with van der Waals surface area (Å²) < 4.78 is 0. The Balaban J connectivity index is 1.52. The molecule has 0 heterocycles. The normalized spacial score (nSPS) is 43.5. The fourth-order valence-electron chi connectivity index (χ4n) is 8.84. The first-order valence-corrected chi connectivity index (χ1v) is 13.3. The van der Waals surface area contributed by atoms with Crippen molar-refractivity contribution in [1.29, 1.82) is 0 Å². The van der Waals surface area contributed by atoms with Crippen LogP contribution in [0.5, 0.6) is 0 Å². The summed E-state index contributed by atoms with van der Waals surface area (Å²) in [5.74, 6) is 5.66. The average Bonchev–Trinajstić information content (AvgIpc) is 3.10. The molecule has 1 unspecified atom stereocenters. The van der Waals surface area contributed by atoms with Crippen LogP contribution in [0.3, 0.4) is 0 Å². The molecule has 0 aromatic rings. The summed E-state index contributed by atoms with van der Waals surface area (Å²) in [6.45, 7) is 14.8. The van der Waals surface area contributed by atoms with E-state index in [-0.39, 0.29) is 0 Å². The quantitative estimate of drug-likeness (QED) is 0.268. The largest absolute Gasteiger partial charge is 0.411 e. The van der Waals surface area contributed by atoms with Crippen LogP contribution in [0.4, 0.5) is 0 Å². The molecule has 3 fully saturated rings. The lowest BCUT2D eigenvalue weighted by atomic mass is 9.46. The van der Waals surface area contributed by atoms with Crippen LogP contribution in [0.1, 0.15) is 99.3 Å². The molecule has 4 aliphatic rings. The Morgan fingerprint density at radius 3 is 2.48 bits per heavy atom. The number of rotatable bonds is 5. The lowest BCUT2D eigenvalue weighted by Crippen LogP contribution is -2.50. The van der Waals surface area contributed by atoms with Crippen LogP contribution in [0, 0.1) is 52.3 Å². The summed E-state index contributed by atoms with van der Waals surface area (Å²) in [7, 11) is 0. The molecule has 0 bridgehead atoms. The number of allylic oxidation sites excluding steroid dienone is 4. The third-order valence-corrected chi connectivity index (χ3v) is 10.8. The zero-order valence-corrected chi connectivity index (χ0v) is 21.0. The molecule has 0 aliphatic heterocycles. The van der Waals surface area contributed by atoms with Gasteiger partial charge < -0.3 is 5.21 Å². The molecule has 0 spiro atoms. The van der Waals surface area contributed by atoms with Crippen molar-refractivity contribution in [3.63, 3.8) is 0 Å². The van der Waals surface area contributed by atoms with Crippen LogP contribution in [0.15, 0.2) is 29.0 Å². The summed E-state index contributed by atoms with van der Waals surface area (Å²) >= 11 is 0. The van der Waals surface area contributed by atoms with E-state index >= 15 is 0 Å². The number of fused-ring (bicyclic) bond motifs is 5. The van der Waals surface area contributed by atoms with Crippen molar-refractivity contribution in [3.05, 3.63) is 23.8 Å². The molecule has 4 aliphatic carbocycles. The van der Waals surface area contributed by atoms with Gasteiger partial charge in [0.1, 0.15) is 0 Å². The van der Waals surface area contributed by atoms with E-state index in [1.54, 1.807) is 5.57 Å². The summed E-state index contributed by atoms with van der Waals surface area (Å²) in [4.78, 5) is 0. The van der Waals surface area contributed by atoms with E-state index in [4.69, 9.17) is 0 Å². The molecule has 0 aromatic carbocycles. The van der Waals surface area contributed by atoms with Crippen LogP contribution in [0.25, 0.3) is 0 Å². The maximum Gasteiger partial charge on any atom is 0.0795 e. The Hall–Kier alpha value is -1.05. The standard InChI is InChI=1S/C29H47NO/c1-7-21(19(2)3)9-8-20(4)25-12-13-26-24-11-10-22-18-23(30-31)14-16-28(22,5)27(24)15-17-29(25,26)6/h8-9,18-21,24-27,31H,7,10-17H2,1-6H3/t20-,21?,24+,25-,26+,27+,28+,29-/m1/s1. The number of nitrogens with zero attached hydrogens (tertiary/aromatic N) is 1. The number of hydrogen-bond acceptors (Lipinski definition) is 2. The van der Waals surface area contributed by atoms with E-state index in [9.17, 15) is 5.21 Å². The van der Waals surface area contributed by atoms with E-state index < -0.39 is 0 Å². The highest BCUT2D eigenvalue weighted by Crippen LogP contribution is 2.67. The Bertz CT molecular complexity index is 748. The van der Waals surface area contributed by atoms with Gasteiger partial charge >= 0.3 is 0 Å². The molecule has 174 valence electrons.